The van der Waals surface area contributed by atoms with Crippen molar-refractivity contribution in [3.05, 3.63) is 0 Å². The van der Waals surface area contributed by atoms with E-state index in [9.17, 15) is 19.5 Å². The van der Waals surface area contributed by atoms with Crippen molar-refractivity contribution in [1.29, 1.82) is 0 Å². The Bertz CT molecular complexity index is 734. The van der Waals surface area contributed by atoms with Gasteiger partial charge in [0.1, 0.15) is 6.61 Å². The Morgan fingerprint density at radius 1 is 0.903 bits per heavy atom. The number of ketones is 1. The zero-order chi connectivity index (χ0) is 22.4. The Kier molecular flexibility index (Phi) is 6.23. The van der Waals surface area contributed by atoms with Gasteiger partial charge in [-0.1, -0.05) is 13.8 Å². The Hall–Kier alpha value is -1.43. The molecule has 31 heavy (non-hydrogen) atoms. The smallest absolute Gasteiger partial charge is 0.306 e. The third-order valence-electron chi connectivity index (χ3n) is 9.95. The molecular weight excluding hydrogens is 396 g/mol. The average molecular weight is 435 g/mol. The highest BCUT2D eigenvalue weighted by atomic mass is 16.5. The summed E-state index contributed by atoms with van der Waals surface area (Å²) in [7, 11) is 0. The Morgan fingerprint density at radius 2 is 1.61 bits per heavy atom. The van der Waals surface area contributed by atoms with Crippen molar-refractivity contribution in [3.63, 3.8) is 0 Å². The lowest BCUT2D eigenvalue weighted by molar-refractivity contribution is -0.154. The first kappa shape index (κ1) is 22.8. The summed E-state index contributed by atoms with van der Waals surface area (Å²) in [6.07, 6.45) is 8.97. The largest absolute Gasteiger partial charge is 0.481 e. The van der Waals surface area contributed by atoms with Crippen molar-refractivity contribution < 1.29 is 29.3 Å². The molecule has 0 bridgehead atoms. The fourth-order valence-electron chi connectivity index (χ4n) is 8.30. The van der Waals surface area contributed by atoms with Crippen LogP contribution in [0, 0.1) is 40.4 Å². The predicted molar refractivity (Wildman–Crippen MR) is 114 cm³/mol. The standard InChI is InChI=1S/C25H38O6/c1-24-11-9-16(26)13-15(24)3-4-17-18-5-6-20(25(18,2)12-10-19(17)24)21(27)14-31-23(30)8-7-22(28)29/h15-20,26H,3-14H2,1-2H3,(H,28,29)/t15-,16+,17-,18-,19-,20+,24-,25-/m0/s1. The molecule has 0 aromatic heterocycles. The summed E-state index contributed by atoms with van der Waals surface area (Å²) >= 11 is 0. The molecule has 4 rings (SSSR count). The number of aliphatic carboxylic acids is 1. The molecule has 4 saturated carbocycles. The number of hydrogen-bond acceptors (Lipinski definition) is 5. The summed E-state index contributed by atoms with van der Waals surface area (Å²) in [5.74, 6) is 0.827. The van der Waals surface area contributed by atoms with E-state index in [1.807, 2.05) is 0 Å². The van der Waals surface area contributed by atoms with Gasteiger partial charge < -0.3 is 14.9 Å². The summed E-state index contributed by atoms with van der Waals surface area (Å²) in [6.45, 7) is 4.53. The molecule has 0 heterocycles. The second-order valence-electron chi connectivity index (χ2n) is 11.3. The zero-order valence-corrected chi connectivity index (χ0v) is 19.0. The molecule has 174 valence electrons. The number of carbonyl (C=O) groups excluding carboxylic acids is 2. The number of aliphatic hydroxyl groups is 1. The van der Waals surface area contributed by atoms with E-state index in [1.54, 1.807) is 0 Å². The van der Waals surface area contributed by atoms with Gasteiger partial charge in [-0.3, -0.25) is 14.4 Å². The van der Waals surface area contributed by atoms with Crippen molar-refractivity contribution in [3.8, 4) is 0 Å². The molecule has 6 heteroatoms. The zero-order valence-electron chi connectivity index (χ0n) is 19.0. The van der Waals surface area contributed by atoms with Crippen molar-refractivity contribution >= 4 is 17.7 Å². The van der Waals surface area contributed by atoms with Crippen LogP contribution in [0.15, 0.2) is 0 Å². The third kappa shape index (κ3) is 4.05. The number of aliphatic hydroxyl groups excluding tert-OH is 1. The molecule has 0 saturated heterocycles. The topological polar surface area (TPSA) is 101 Å². The molecule has 0 aromatic carbocycles. The first-order valence-corrected chi connectivity index (χ1v) is 12.2. The van der Waals surface area contributed by atoms with E-state index in [-0.39, 0.29) is 42.7 Å². The highest BCUT2D eigenvalue weighted by Gasteiger charge is 2.61. The SMILES string of the molecule is C[C@]12CC[C@@H](O)C[C@@H]1CC[C@@H]1[C@@H]2CC[C@]2(C)[C@@H](C(=O)COC(=O)CCC(=O)O)CC[C@@H]12. The van der Waals surface area contributed by atoms with Gasteiger partial charge in [-0.25, -0.2) is 0 Å². The first-order chi connectivity index (χ1) is 14.6. The highest BCUT2D eigenvalue weighted by Crippen LogP contribution is 2.67. The van der Waals surface area contributed by atoms with Crippen LogP contribution in [0.25, 0.3) is 0 Å². The molecule has 0 aliphatic heterocycles. The number of carbonyl (C=O) groups is 3. The summed E-state index contributed by atoms with van der Waals surface area (Å²) in [5, 5.41) is 18.9. The van der Waals surface area contributed by atoms with Crippen LogP contribution in [0.3, 0.4) is 0 Å². The van der Waals surface area contributed by atoms with E-state index in [2.05, 4.69) is 13.8 Å². The number of hydrogen-bond donors (Lipinski definition) is 2. The monoisotopic (exact) mass is 434 g/mol. The quantitative estimate of drug-likeness (QED) is 0.613. The normalized spacial score (nSPS) is 44.0. The van der Waals surface area contributed by atoms with Crippen LogP contribution in [0.5, 0.6) is 0 Å². The Balaban J connectivity index is 1.40. The summed E-state index contributed by atoms with van der Waals surface area (Å²) < 4.78 is 5.12. The van der Waals surface area contributed by atoms with E-state index in [0.29, 0.717) is 29.1 Å². The summed E-state index contributed by atoms with van der Waals surface area (Å²) in [5.41, 5.74) is 0.300. The van der Waals surface area contributed by atoms with Gasteiger partial charge in [0, 0.05) is 5.92 Å². The molecule has 0 aromatic rings. The van der Waals surface area contributed by atoms with Gasteiger partial charge >= 0.3 is 11.9 Å². The first-order valence-electron chi connectivity index (χ1n) is 12.2. The van der Waals surface area contributed by atoms with E-state index < -0.39 is 11.9 Å². The lowest BCUT2D eigenvalue weighted by Gasteiger charge is -2.60. The number of carboxylic acids is 1. The Labute approximate surface area is 185 Å². The van der Waals surface area contributed by atoms with Crippen LogP contribution in [0.1, 0.15) is 84.5 Å². The van der Waals surface area contributed by atoms with Gasteiger partial charge in [0.25, 0.3) is 0 Å². The lowest BCUT2D eigenvalue weighted by atomic mass is 9.44. The minimum Gasteiger partial charge on any atom is -0.481 e. The van der Waals surface area contributed by atoms with Crippen molar-refractivity contribution in [2.45, 2.75) is 90.6 Å². The maximum atomic E-state index is 13.0. The van der Waals surface area contributed by atoms with Crippen LogP contribution in [-0.4, -0.2) is 40.6 Å². The van der Waals surface area contributed by atoms with Gasteiger partial charge in [0.2, 0.25) is 0 Å². The molecule has 0 unspecified atom stereocenters. The number of ether oxygens (including phenoxy) is 1. The van der Waals surface area contributed by atoms with Crippen LogP contribution < -0.4 is 0 Å². The van der Waals surface area contributed by atoms with E-state index >= 15 is 0 Å². The second-order valence-corrected chi connectivity index (χ2v) is 11.3. The van der Waals surface area contributed by atoms with Crippen molar-refractivity contribution in [2.24, 2.45) is 40.4 Å². The average Bonchev–Trinajstić information content (AvgIpc) is 3.08. The van der Waals surface area contributed by atoms with Gasteiger partial charge in [0.15, 0.2) is 5.78 Å². The number of esters is 1. The van der Waals surface area contributed by atoms with Gasteiger partial charge in [-0.15, -0.1) is 0 Å². The molecule has 0 spiro atoms. The molecule has 6 nitrogen and oxygen atoms in total. The maximum Gasteiger partial charge on any atom is 0.306 e. The molecule has 0 amide bonds. The minimum atomic E-state index is -1.04. The minimum absolute atomic E-state index is 0.00723. The fourth-order valence-corrected chi connectivity index (χ4v) is 8.30. The van der Waals surface area contributed by atoms with E-state index in [1.165, 1.54) is 12.8 Å². The van der Waals surface area contributed by atoms with Crippen molar-refractivity contribution in [2.75, 3.05) is 6.61 Å². The molecular formula is C25H38O6. The molecule has 4 aliphatic carbocycles. The van der Waals surface area contributed by atoms with E-state index in [0.717, 1.165) is 44.9 Å². The fraction of sp³-hybridized carbons (Fsp3) is 0.880. The van der Waals surface area contributed by atoms with E-state index in [4.69, 9.17) is 9.84 Å². The second kappa shape index (κ2) is 8.49. The maximum absolute atomic E-state index is 13.0. The third-order valence-corrected chi connectivity index (χ3v) is 9.95. The number of rotatable bonds is 6. The number of Topliss-reactive ketones (excluding diaryl/α,β-unsaturated/α-hetero) is 1. The van der Waals surface area contributed by atoms with Gasteiger partial charge in [-0.05, 0) is 92.3 Å². The van der Waals surface area contributed by atoms with Crippen LogP contribution >= 0.6 is 0 Å². The summed E-state index contributed by atoms with van der Waals surface area (Å²) in [4.78, 5) is 35.4. The molecule has 4 aliphatic rings. The number of fused-ring (bicyclic) bond motifs is 5. The summed E-state index contributed by atoms with van der Waals surface area (Å²) in [6, 6.07) is 0. The molecule has 0 radical (unpaired) electrons. The van der Waals surface area contributed by atoms with Crippen molar-refractivity contribution in [1.82, 2.24) is 0 Å². The van der Waals surface area contributed by atoms with Gasteiger partial charge in [0.05, 0.1) is 18.9 Å². The highest BCUT2D eigenvalue weighted by molar-refractivity contribution is 5.86. The Morgan fingerprint density at radius 3 is 2.35 bits per heavy atom. The molecule has 4 fully saturated rings. The predicted octanol–water partition coefficient (Wildman–Crippen LogP) is 3.98. The molecule has 2 N–H and O–H groups in total. The number of carboxylic acid groups (broad SMARTS) is 1. The lowest BCUT2D eigenvalue weighted by Crippen LogP contribution is -2.54. The van der Waals surface area contributed by atoms with Crippen LogP contribution in [0.2, 0.25) is 0 Å². The molecule has 8 atom stereocenters. The van der Waals surface area contributed by atoms with Crippen LogP contribution in [-0.2, 0) is 19.1 Å². The van der Waals surface area contributed by atoms with Crippen LogP contribution in [0.4, 0.5) is 0 Å². The van der Waals surface area contributed by atoms with Gasteiger partial charge in [-0.2, -0.15) is 0 Å².